The van der Waals surface area contributed by atoms with Gasteiger partial charge in [0.2, 0.25) is 0 Å². The normalized spacial score (nSPS) is 10.2. The van der Waals surface area contributed by atoms with E-state index in [2.05, 4.69) is 11.5 Å². The van der Waals surface area contributed by atoms with E-state index in [0.29, 0.717) is 5.56 Å². The molecular formula is C15H13N3. The third kappa shape index (κ3) is 2.76. The van der Waals surface area contributed by atoms with E-state index in [0.717, 1.165) is 16.8 Å². The van der Waals surface area contributed by atoms with E-state index in [1.54, 1.807) is 6.07 Å². The minimum absolute atomic E-state index is 0.675. The molecule has 2 rings (SSSR count). The summed E-state index contributed by atoms with van der Waals surface area (Å²) in [5.41, 5.74) is 6.09. The number of nitrogens with zero attached hydrogens (tertiary/aromatic N) is 1. The van der Waals surface area contributed by atoms with Gasteiger partial charge in [0.1, 0.15) is 0 Å². The lowest BCUT2D eigenvalue weighted by Crippen LogP contribution is -2.05. The van der Waals surface area contributed by atoms with Crippen LogP contribution in [0.15, 0.2) is 48.5 Å². The lowest BCUT2D eigenvalue weighted by molar-refractivity contribution is 1.35. The summed E-state index contributed by atoms with van der Waals surface area (Å²) >= 11 is 0. The van der Waals surface area contributed by atoms with Crippen molar-refractivity contribution in [3.05, 3.63) is 65.2 Å². The van der Waals surface area contributed by atoms with Crippen LogP contribution in [0.5, 0.6) is 0 Å². The number of rotatable bonds is 3. The van der Waals surface area contributed by atoms with Gasteiger partial charge < -0.3 is 5.43 Å². The van der Waals surface area contributed by atoms with E-state index in [1.807, 2.05) is 54.6 Å². The van der Waals surface area contributed by atoms with Gasteiger partial charge in [-0.2, -0.15) is 5.26 Å². The highest BCUT2D eigenvalue weighted by molar-refractivity contribution is 5.73. The molecule has 0 unspecified atom stereocenters. The van der Waals surface area contributed by atoms with Gasteiger partial charge in [0.15, 0.2) is 0 Å². The lowest BCUT2D eigenvalue weighted by Gasteiger charge is -2.00. The number of hydrogen-bond donors (Lipinski definition) is 2. The summed E-state index contributed by atoms with van der Waals surface area (Å²) in [6.45, 7) is 0. The fourth-order valence-corrected chi connectivity index (χ4v) is 1.62. The number of hydrogen-bond acceptors (Lipinski definition) is 3. The Bertz CT molecular complexity index is 592. The number of hydrazine groups is 1. The number of anilines is 1. The van der Waals surface area contributed by atoms with Crippen LogP contribution in [0.25, 0.3) is 12.2 Å². The molecule has 18 heavy (non-hydrogen) atoms. The molecule has 0 amide bonds. The van der Waals surface area contributed by atoms with Crippen LogP contribution in [-0.4, -0.2) is 0 Å². The zero-order chi connectivity index (χ0) is 12.8. The first-order valence-electron chi connectivity index (χ1n) is 5.57. The van der Waals surface area contributed by atoms with Crippen LogP contribution in [0.2, 0.25) is 0 Å². The largest absolute Gasteiger partial charge is 0.324 e. The monoisotopic (exact) mass is 235 g/mol. The van der Waals surface area contributed by atoms with Crippen LogP contribution in [0.4, 0.5) is 5.69 Å². The minimum atomic E-state index is 0.675. The molecule has 0 aliphatic carbocycles. The van der Waals surface area contributed by atoms with Gasteiger partial charge in [0.05, 0.1) is 11.6 Å². The first kappa shape index (κ1) is 11.9. The maximum Gasteiger partial charge on any atom is 0.0997 e. The van der Waals surface area contributed by atoms with Crippen molar-refractivity contribution >= 4 is 17.8 Å². The van der Waals surface area contributed by atoms with E-state index >= 15 is 0 Å². The molecule has 0 atom stereocenters. The highest BCUT2D eigenvalue weighted by Crippen LogP contribution is 2.14. The molecule has 3 N–H and O–H groups in total. The molecule has 0 spiro atoms. The Labute approximate surface area is 106 Å². The second kappa shape index (κ2) is 5.67. The topological polar surface area (TPSA) is 61.8 Å². The van der Waals surface area contributed by atoms with E-state index < -0.39 is 0 Å². The SMILES string of the molecule is N#Cc1ccccc1/C=C/c1ccc(NN)cc1. The fourth-order valence-electron chi connectivity index (χ4n) is 1.62. The molecular weight excluding hydrogens is 222 g/mol. The zero-order valence-corrected chi connectivity index (χ0v) is 9.80. The molecule has 3 heteroatoms. The number of nitrogen functional groups attached to an aromatic ring is 1. The second-order valence-corrected chi connectivity index (χ2v) is 3.80. The Morgan fingerprint density at radius 3 is 2.39 bits per heavy atom. The maximum absolute atomic E-state index is 8.98. The number of nitrogens with one attached hydrogen (secondary N) is 1. The van der Waals surface area contributed by atoms with E-state index in [4.69, 9.17) is 11.1 Å². The molecule has 0 saturated heterocycles. The van der Waals surface area contributed by atoms with Gasteiger partial charge in [0.25, 0.3) is 0 Å². The summed E-state index contributed by atoms with van der Waals surface area (Å²) in [6.07, 6.45) is 3.90. The lowest BCUT2D eigenvalue weighted by atomic mass is 10.1. The number of benzene rings is 2. The van der Waals surface area contributed by atoms with Crippen molar-refractivity contribution in [2.45, 2.75) is 0 Å². The third-order valence-electron chi connectivity index (χ3n) is 2.61. The Kier molecular flexibility index (Phi) is 3.75. The second-order valence-electron chi connectivity index (χ2n) is 3.80. The van der Waals surface area contributed by atoms with Gasteiger partial charge in [-0.05, 0) is 29.3 Å². The Morgan fingerprint density at radius 1 is 1.00 bits per heavy atom. The van der Waals surface area contributed by atoms with Crippen LogP contribution in [-0.2, 0) is 0 Å². The van der Waals surface area contributed by atoms with Crippen LogP contribution in [0, 0.1) is 11.3 Å². The molecule has 0 aromatic heterocycles. The maximum atomic E-state index is 8.98. The average Bonchev–Trinajstić information content (AvgIpc) is 2.46. The number of nitriles is 1. The van der Waals surface area contributed by atoms with Crippen molar-refractivity contribution in [1.29, 1.82) is 5.26 Å². The zero-order valence-electron chi connectivity index (χ0n) is 9.80. The molecule has 0 saturated carbocycles. The van der Waals surface area contributed by atoms with Gasteiger partial charge in [0, 0.05) is 5.69 Å². The van der Waals surface area contributed by atoms with E-state index in [9.17, 15) is 0 Å². The van der Waals surface area contributed by atoms with Crippen LogP contribution in [0.1, 0.15) is 16.7 Å². The highest BCUT2D eigenvalue weighted by atomic mass is 15.2. The van der Waals surface area contributed by atoms with Crippen LogP contribution >= 0.6 is 0 Å². The summed E-state index contributed by atoms with van der Waals surface area (Å²) in [5.74, 6) is 5.30. The Balaban J connectivity index is 2.22. The highest BCUT2D eigenvalue weighted by Gasteiger charge is 1.95. The van der Waals surface area contributed by atoms with Crippen molar-refractivity contribution in [2.24, 2.45) is 5.84 Å². The van der Waals surface area contributed by atoms with Gasteiger partial charge in [-0.25, -0.2) is 0 Å². The fraction of sp³-hybridized carbons (Fsp3) is 0. The third-order valence-corrected chi connectivity index (χ3v) is 2.61. The quantitative estimate of drug-likeness (QED) is 0.488. The molecule has 0 fully saturated rings. The molecule has 0 aliphatic rings. The standard InChI is InChI=1S/C15H13N3/c16-11-14-4-2-1-3-13(14)8-5-12-6-9-15(18-17)10-7-12/h1-10,18H,17H2/b8-5+. The van der Waals surface area contributed by atoms with Crippen molar-refractivity contribution < 1.29 is 0 Å². The van der Waals surface area contributed by atoms with E-state index in [-0.39, 0.29) is 0 Å². The minimum Gasteiger partial charge on any atom is -0.324 e. The first-order valence-corrected chi connectivity index (χ1v) is 5.57. The van der Waals surface area contributed by atoms with Crippen LogP contribution in [0.3, 0.4) is 0 Å². The molecule has 0 radical (unpaired) electrons. The van der Waals surface area contributed by atoms with Crippen LogP contribution < -0.4 is 11.3 Å². The molecule has 0 bridgehead atoms. The average molecular weight is 235 g/mol. The van der Waals surface area contributed by atoms with Gasteiger partial charge in [-0.3, -0.25) is 5.84 Å². The predicted octanol–water partition coefficient (Wildman–Crippen LogP) is 3.01. The smallest absolute Gasteiger partial charge is 0.0997 e. The van der Waals surface area contributed by atoms with Crippen molar-refractivity contribution in [3.63, 3.8) is 0 Å². The van der Waals surface area contributed by atoms with Crippen molar-refractivity contribution in [3.8, 4) is 6.07 Å². The first-order chi connectivity index (χ1) is 8.83. The van der Waals surface area contributed by atoms with Gasteiger partial charge >= 0.3 is 0 Å². The summed E-state index contributed by atoms with van der Waals surface area (Å²) in [7, 11) is 0. The van der Waals surface area contributed by atoms with E-state index in [1.165, 1.54) is 0 Å². The Hall–Kier alpha value is -2.57. The number of nitrogens with two attached hydrogens (primary N) is 1. The van der Waals surface area contributed by atoms with Gasteiger partial charge in [-0.15, -0.1) is 0 Å². The molecule has 88 valence electrons. The van der Waals surface area contributed by atoms with Gasteiger partial charge in [-0.1, -0.05) is 42.5 Å². The summed E-state index contributed by atoms with van der Waals surface area (Å²) in [5, 5.41) is 8.98. The molecule has 2 aromatic rings. The molecule has 0 aliphatic heterocycles. The van der Waals surface area contributed by atoms with Crippen molar-refractivity contribution in [2.75, 3.05) is 5.43 Å². The summed E-state index contributed by atoms with van der Waals surface area (Å²) in [4.78, 5) is 0. The summed E-state index contributed by atoms with van der Waals surface area (Å²) in [6, 6.07) is 17.4. The van der Waals surface area contributed by atoms with Crippen molar-refractivity contribution in [1.82, 2.24) is 0 Å². The molecule has 0 heterocycles. The Morgan fingerprint density at radius 2 is 1.72 bits per heavy atom. The molecule has 3 nitrogen and oxygen atoms in total. The predicted molar refractivity (Wildman–Crippen MR) is 74.3 cm³/mol. The summed E-state index contributed by atoms with van der Waals surface area (Å²) < 4.78 is 0. The molecule has 2 aromatic carbocycles.